The Kier molecular flexibility index (Phi) is 6.60. The van der Waals surface area contributed by atoms with Crippen LogP contribution in [0.25, 0.3) is 10.9 Å². The third-order valence-corrected chi connectivity index (χ3v) is 8.12. The number of amides is 2. The number of hydrogen-bond acceptors (Lipinski definition) is 4. The average molecular weight is 474 g/mol. The Labute approximate surface area is 206 Å². The van der Waals surface area contributed by atoms with Gasteiger partial charge >= 0.3 is 0 Å². The van der Waals surface area contributed by atoms with Crippen LogP contribution in [0.1, 0.15) is 48.5 Å². The molecule has 0 radical (unpaired) electrons. The minimum absolute atomic E-state index is 0.0557. The topological polar surface area (TPSA) is 81.3 Å². The number of benzene rings is 1. The van der Waals surface area contributed by atoms with Gasteiger partial charge in [0.2, 0.25) is 0 Å². The number of nitrogens with one attached hydrogen (secondary N) is 2. The number of likely N-dealkylation sites (tertiary alicyclic amines) is 2. The first-order valence-electron chi connectivity index (χ1n) is 12.7. The number of H-pyrrole nitrogens is 1. The second-order valence-corrected chi connectivity index (χ2v) is 10.4. The fraction of sp³-hybridized carbons (Fsp3) is 0.464. The molecule has 2 saturated heterocycles. The van der Waals surface area contributed by atoms with Crippen LogP contribution >= 0.6 is 0 Å². The predicted molar refractivity (Wildman–Crippen MR) is 137 cm³/mol. The van der Waals surface area contributed by atoms with Gasteiger partial charge in [0, 0.05) is 42.8 Å². The zero-order chi connectivity index (χ0) is 24.4. The molecule has 7 heteroatoms. The molecule has 4 heterocycles. The van der Waals surface area contributed by atoms with Crippen molar-refractivity contribution in [2.75, 3.05) is 33.2 Å². The van der Waals surface area contributed by atoms with E-state index in [0.29, 0.717) is 11.5 Å². The van der Waals surface area contributed by atoms with E-state index in [0.717, 1.165) is 48.3 Å². The van der Waals surface area contributed by atoms with Gasteiger partial charge in [-0.3, -0.25) is 14.6 Å². The first kappa shape index (κ1) is 23.5. The summed E-state index contributed by atoms with van der Waals surface area (Å²) >= 11 is 0. The number of carbonyl (C=O) groups is 2. The van der Waals surface area contributed by atoms with Crippen LogP contribution in [-0.4, -0.2) is 64.8 Å². The lowest BCUT2D eigenvalue weighted by Gasteiger charge is -2.42. The van der Waals surface area contributed by atoms with E-state index >= 15 is 0 Å². The highest BCUT2D eigenvalue weighted by Gasteiger charge is 2.42. The largest absolute Gasteiger partial charge is 0.361 e. The second-order valence-electron chi connectivity index (χ2n) is 10.4. The fourth-order valence-corrected chi connectivity index (χ4v) is 5.81. The van der Waals surface area contributed by atoms with Crippen LogP contribution in [0.2, 0.25) is 0 Å². The van der Waals surface area contributed by atoms with E-state index in [1.54, 1.807) is 18.5 Å². The highest BCUT2D eigenvalue weighted by molar-refractivity contribution is 6.01. The zero-order valence-corrected chi connectivity index (χ0v) is 20.7. The van der Waals surface area contributed by atoms with Crippen molar-refractivity contribution < 1.29 is 9.59 Å². The summed E-state index contributed by atoms with van der Waals surface area (Å²) in [6.45, 7) is 5.63. The molecular formula is C28H35N5O2. The van der Waals surface area contributed by atoms with Crippen LogP contribution < -0.4 is 5.32 Å². The Bertz CT molecular complexity index is 1180. The molecule has 2 aliphatic heterocycles. The lowest BCUT2D eigenvalue weighted by Crippen LogP contribution is -2.57. The normalized spacial score (nSPS) is 20.0. The smallest absolute Gasteiger partial charge is 0.252 e. The first-order valence-corrected chi connectivity index (χ1v) is 12.7. The van der Waals surface area contributed by atoms with E-state index < -0.39 is 5.54 Å². The van der Waals surface area contributed by atoms with Gasteiger partial charge in [-0.1, -0.05) is 6.07 Å². The van der Waals surface area contributed by atoms with Gasteiger partial charge in [-0.2, -0.15) is 0 Å². The van der Waals surface area contributed by atoms with Crippen LogP contribution in [0.5, 0.6) is 0 Å². The summed E-state index contributed by atoms with van der Waals surface area (Å²) in [7, 11) is 2.20. The SMILES string of the molecule is CN1CCC(C2CCN(C(=O)[C@](C)(NC(=O)c3ccc4cc[nH]c4c3)c3ccncc3)CC2)CC1. The van der Waals surface area contributed by atoms with E-state index in [2.05, 4.69) is 27.2 Å². The summed E-state index contributed by atoms with van der Waals surface area (Å²) in [6, 6.07) is 11.2. The number of aromatic nitrogens is 2. The summed E-state index contributed by atoms with van der Waals surface area (Å²) in [5.41, 5.74) is 0.981. The Morgan fingerprint density at radius 1 is 0.971 bits per heavy atom. The number of nitrogens with zero attached hydrogens (tertiary/aromatic N) is 3. The second kappa shape index (κ2) is 9.82. The number of aromatic amines is 1. The van der Waals surface area contributed by atoms with Crippen molar-refractivity contribution in [3.8, 4) is 0 Å². The van der Waals surface area contributed by atoms with Crippen molar-refractivity contribution in [1.82, 2.24) is 25.1 Å². The van der Waals surface area contributed by atoms with Gasteiger partial charge in [-0.25, -0.2) is 0 Å². The minimum atomic E-state index is -1.18. The summed E-state index contributed by atoms with van der Waals surface area (Å²) in [5, 5.41) is 4.13. The molecule has 3 aromatic rings. The van der Waals surface area contributed by atoms with E-state index in [1.165, 1.54) is 25.9 Å². The van der Waals surface area contributed by atoms with Crippen LogP contribution in [0, 0.1) is 11.8 Å². The number of rotatable bonds is 5. The van der Waals surface area contributed by atoms with E-state index in [9.17, 15) is 9.59 Å². The van der Waals surface area contributed by atoms with E-state index in [-0.39, 0.29) is 11.8 Å². The molecule has 184 valence electrons. The van der Waals surface area contributed by atoms with Crippen LogP contribution in [0.4, 0.5) is 0 Å². The lowest BCUT2D eigenvalue weighted by atomic mass is 9.78. The summed E-state index contributed by atoms with van der Waals surface area (Å²) in [5.74, 6) is 1.12. The third kappa shape index (κ3) is 4.82. The van der Waals surface area contributed by atoms with Crippen molar-refractivity contribution in [2.45, 2.75) is 38.1 Å². The number of pyridine rings is 1. The monoisotopic (exact) mass is 473 g/mol. The molecule has 0 saturated carbocycles. The third-order valence-electron chi connectivity index (χ3n) is 8.12. The number of hydrogen-bond donors (Lipinski definition) is 2. The van der Waals surface area contributed by atoms with Crippen molar-refractivity contribution in [3.63, 3.8) is 0 Å². The first-order chi connectivity index (χ1) is 16.9. The van der Waals surface area contributed by atoms with Gasteiger partial charge in [0.15, 0.2) is 0 Å². The highest BCUT2D eigenvalue weighted by atomic mass is 16.2. The molecule has 2 fully saturated rings. The maximum atomic E-state index is 14.0. The summed E-state index contributed by atoms with van der Waals surface area (Å²) in [4.78, 5) is 38.9. The molecule has 2 aliphatic rings. The van der Waals surface area contributed by atoms with Gasteiger partial charge in [0.25, 0.3) is 11.8 Å². The molecule has 1 atom stereocenters. The van der Waals surface area contributed by atoms with Crippen LogP contribution in [-0.2, 0) is 10.3 Å². The highest BCUT2D eigenvalue weighted by Crippen LogP contribution is 2.34. The quantitative estimate of drug-likeness (QED) is 0.591. The molecular weight excluding hydrogens is 438 g/mol. The molecule has 0 aliphatic carbocycles. The van der Waals surface area contributed by atoms with Crippen molar-refractivity contribution in [1.29, 1.82) is 0 Å². The molecule has 2 N–H and O–H groups in total. The number of carbonyl (C=O) groups excluding carboxylic acids is 2. The molecule has 2 amide bonds. The Morgan fingerprint density at radius 2 is 1.63 bits per heavy atom. The molecule has 7 nitrogen and oxygen atoms in total. The van der Waals surface area contributed by atoms with Crippen molar-refractivity contribution >= 4 is 22.7 Å². The molecule has 0 bridgehead atoms. The van der Waals surface area contributed by atoms with Crippen LogP contribution in [0.3, 0.4) is 0 Å². The van der Waals surface area contributed by atoms with Gasteiger partial charge in [0.05, 0.1) is 0 Å². The Hall–Kier alpha value is -3.19. The zero-order valence-electron chi connectivity index (χ0n) is 20.7. The maximum Gasteiger partial charge on any atom is 0.252 e. The molecule has 2 aromatic heterocycles. The summed E-state index contributed by atoms with van der Waals surface area (Å²) < 4.78 is 0. The van der Waals surface area contributed by atoms with Crippen LogP contribution in [0.15, 0.2) is 55.0 Å². The number of piperidine rings is 2. The molecule has 0 spiro atoms. The van der Waals surface area contributed by atoms with Gasteiger partial charge in [0.1, 0.15) is 5.54 Å². The van der Waals surface area contributed by atoms with Crippen molar-refractivity contribution in [2.24, 2.45) is 11.8 Å². The fourth-order valence-electron chi connectivity index (χ4n) is 5.81. The predicted octanol–water partition coefficient (Wildman–Crippen LogP) is 3.79. The number of fused-ring (bicyclic) bond motifs is 1. The molecule has 1 aromatic carbocycles. The van der Waals surface area contributed by atoms with Crippen molar-refractivity contribution in [3.05, 3.63) is 66.1 Å². The molecule has 0 unspecified atom stereocenters. The van der Waals surface area contributed by atoms with E-state index in [1.807, 2.05) is 48.4 Å². The van der Waals surface area contributed by atoms with Gasteiger partial charge < -0.3 is 20.1 Å². The standard InChI is InChI=1S/C28H35N5O2/c1-28(24-6-12-29-13-7-24,31-26(34)23-4-3-22-5-14-30-25(22)19-23)27(35)33-17-10-21(11-18-33)20-8-15-32(2)16-9-20/h3-7,12-14,19-21,30H,8-11,15-18H2,1-2H3,(H,31,34)/t28-/m1/s1. The molecule has 5 rings (SSSR count). The average Bonchev–Trinajstić information content (AvgIpc) is 3.37. The lowest BCUT2D eigenvalue weighted by molar-refractivity contribution is -0.139. The Balaban J connectivity index is 1.33. The summed E-state index contributed by atoms with van der Waals surface area (Å²) in [6.07, 6.45) is 9.77. The van der Waals surface area contributed by atoms with E-state index in [4.69, 9.17) is 0 Å². The maximum absolute atomic E-state index is 14.0. The minimum Gasteiger partial charge on any atom is -0.361 e. The molecule has 35 heavy (non-hydrogen) atoms. The van der Waals surface area contributed by atoms with Gasteiger partial charge in [-0.05, 0) is 106 Å². The Morgan fingerprint density at radius 3 is 2.31 bits per heavy atom. The van der Waals surface area contributed by atoms with Gasteiger partial charge in [-0.15, -0.1) is 0 Å².